The first-order chi connectivity index (χ1) is 20.0. The summed E-state index contributed by atoms with van der Waals surface area (Å²) in [5.41, 5.74) is 9.22. The molecule has 1 radical (unpaired) electrons. The van der Waals surface area contributed by atoms with Crippen LogP contribution in [-0.2, 0) is 25.5 Å². The summed E-state index contributed by atoms with van der Waals surface area (Å²) in [5, 5.41) is 5.22. The van der Waals surface area contributed by atoms with Crippen molar-refractivity contribution in [1.82, 2.24) is 14.4 Å². The fourth-order valence-electron chi connectivity index (χ4n) is 5.62. The molecule has 4 heterocycles. The maximum atomic E-state index is 4.53. The number of hydrogen-bond acceptors (Lipinski definition) is 2. The Kier molecular flexibility index (Phi) is 7.36. The molecule has 0 unspecified atom stereocenters. The van der Waals surface area contributed by atoms with Crippen molar-refractivity contribution in [2.45, 2.75) is 26.2 Å². The molecule has 4 aromatic carbocycles. The Labute approximate surface area is 259 Å². The summed E-state index contributed by atoms with van der Waals surface area (Å²) in [6.45, 7) is 6.86. The molecule has 3 nitrogen and oxygen atoms in total. The van der Waals surface area contributed by atoms with Gasteiger partial charge in [-0.3, -0.25) is 0 Å². The van der Waals surface area contributed by atoms with Crippen LogP contribution in [-0.4, -0.2) is 14.4 Å². The first-order valence-corrected chi connectivity index (χ1v) is 13.9. The molecule has 0 amide bonds. The second kappa shape index (κ2) is 11.1. The summed E-state index contributed by atoms with van der Waals surface area (Å²) in [6, 6.07) is 44.2. The van der Waals surface area contributed by atoms with E-state index in [1.54, 1.807) is 6.20 Å². The number of fused-ring (bicyclic) bond motifs is 6. The standard InChI is InChI=1S/C27H21N2.C11H8N.Ir/c1-27(2,3)18-15-21-19-8-4-5-10-24(19)29-25-12-11-17(23-9-6-7-13-28-23)14-20(25)22(16-18)26(21)29;1-2-6-10(7-3-1)11-8-4-5-9-12-11;/h4-10,12-16H,1-3H3;1-6,8-9H;/q2*-1;. The number of hydrogen-bond donors (Lipinski definition) is 0. The minimum atomic E-state index is 0. The number of rotatable bonds is 2. The Hall–Kier alpha value is -4.37. The van der Waals surface area contributed by atoms with Crippen LogP contribution in [0.1, 0.15) is 26.3 Å². The van der Waals surface area contributed by atoms with Gasteiger partial charge in [0, 0.05) is 48.8 Å². The number of nitrogens with zero attached hydrogens (tertiary/aromatic N) is 3. The van der Waals surface area contributed by atoms with Crippen molar-refractivity contribution in [2.24, 2.45) is 0 Å². The van der Waals surface area contributed by atoms with Crippen LogP contribution in [0.15, 0.2) is 122 Å². The third kappa shape index (κ3) is 4.87. The second-order valence-electron chi connectivity index (χ2n) is 11.4. The Morgan fingerprint density at radius 3 is 1.88 bits per heavy atom. The molecule has 4 heteroatoms. The first kappa shape index (κ1) is 27.8. The van der Waals surface area contributed by atoms with Gasteiger partial charge >= 0.3 is 0 Å². The van der Waals surface area contributed by atoms with Crippen molar-refractivity contribution >= 4 is 38.1 Å². The van der Waals surface area contributed by atoms with E-state index in [1.807, 2.05) is 66.9 Å². The van der Waals surface area contributed by atoms with Crippen molar-refractivity contribution < 1.29 is 20.1 Å². The maximum absolute atomic E-state index is 4.53. The summed E-state index contributed by atoms with van der Waals surface area (Å²) in [6.07, 6.45) is 3.63. The van der Waals surface area contributed by atoms with Gasteiger partial charge in [0.2, 0.25) is 0 Å². The molecule has 0 atom stereocenters. The molecule has 8 aromatic rings. The number of pyridine rings is 2. The van der Waals surface area contributed by atoms with Gasteiger partial charge in [-0.25, -0.2) is 0 Å². The number of para-hydroxylation sites is 1. The van der Waals surface area contributed by atoms with E-state index in [0.717, 1.165) is 22.5 Å². The molecule has 0 spiro atoms. The third-order valence-electron chi connectivity index (χ3n) is 7.69. The molecule has 0 aliphatic carbocycles. The summed E-state index contributed by atoms with van der Waals surface area (Å²) in [4.78, 5) is 8.75. The van der Waals surface area contributed by atoms with Crippen LogP contribution < -0.4 is 0 Å². The van der Waals surface area contributed by atoms with Gasteiger partial charge in [-0.05, 0) is 57.5 Å². The summed E-state index contributed by atoms with van der Waals surface area (Å²) in [5.74, 6) is 0. The van der Waals surface area contributed by atoms with Crippen LogP contribution in [0.2, 0.25) is 0 Å². The van der Waals surface area contributed by atoms with E-state index in [1.165, 1.54) is 43.7 Å². The van der Waals surface area contributed by atoms with Gasteiger partial charge in [0.15, 0.2) is 0 Å². The largest absolute Gasteiger partial charge is 0.350 e. The summed E-state index contributed by atoms with van der Waals surface area (Å²) in [7, 11) is 0. The molecular formula is C38H29IrN3-2. The number of benzene rings is 4. The van der Waals surface area contributed by atoms with Gasteiger partial charge in [-0.1, -0.05) is 74.7 Å². The summed E-state index contributed by atoms with van der Waals surface area (Å²) < 4.78 is 2.40. The zero-order valence-corrected chi connectivity index (χ0v) is 26.1. The van der Waals surface area contributed by atoms with E-state index >= 15 is 0 Å². The molecule has 0 aliphatic rings. The van der Waals surface area contributed by atoms with E-state index in [4.69, 9.17) is 0 Å². The van der Waals surface area contributed by atoms with Crippen LogP contribution in [0.4, 0.5) is 0 Å². The molecule has 0 bridgehead atoms. The molecular weight excluding hydrogens is 691 g/mol. The number of aromatic nitrogens is 3. The van der Waals surface area contributed by atoms with Crippen molar-refractivity contribution in [3.63, 3.8) is 0 Å². The van der Waals surface area contributed by atoms with Crippen molar-refractivity contribution in [2.75, 3.05) is 0 Å². The third-order valence-corrected chi connectivity index (χ3v) is 7.69. The Morgan fingerprint density at radius 1 is 0.595 bits per heavy atom. The molecule has 8 rings (SSSR count). The first-order valence-electron chi connectivity index (χ1n) is 13.9. The quantitative estimate of drug-likeness (QED) is 0.167. The molecule has 0 fully saturated rings. The zero-order valence-electron chi connectivity index (χ0n) is 23.7. The molecule has 42 heavy (non-hydrogen) atoms. The van der Waals surface area contributed by atoms with E-state index in [0.29, 0.717) is 0 Å². The average molecular weight is 720 g/mol. The van der Waals surface area contributed by atoms with Gasteiger partial charge in [-0.15, -0.1) is 59.7 Å². The fourth-order valence-corrected chi connectivity index (χ4v) is 5.62. The maximum Gasteiger partial charge on any atom is 0.0516 e. The van der Waals surface area contributed by atoms with E-state index < -0.39 is 0 Å². The average Bonchev–Trinajstić information content (AvgIpc) is 3.53. The van der Waals surface area contributed by atoms with Crippen LogP contribution in [0.25, 0.3) is 60.6 Å². The predicted molar refractivity (Wildman–Crippen MR) is 170 cm³/mol. The fraction of sp³-hybridized carbons (Fsp3) is 0.105. The van der Waals surface area contributed by atoms with Crippen LogP contribution in [0.5, 0.6) is 0 Å². The van der Waals surface area contributed by atoms with Crippen molar-refractivity contribution in [3.05, 3.63) is 139 Å². The monoisotopic (exact) mass is 720 g/mol. The Balaban J connectivity index is 0.000000205. The molecule has 0 saturated carbocycles. The van der Waals surface area contributed by atoms with Gasteiger partial charge in [0.25, 0.3) is 0 Å². The van der Waals surface area contributed by atoms with Gasteiger partial charge in [0.05, 0.1) is 5.52 Å². The van der Waals surface area contributed by atoms with Gasteiger partial charge in [0.1, 0.15) is 0 Å². The van der Waals surface area contributed by atoms with Crippen molar-refractivity contribution in [1.29, 1.82) is 0 Å². The SMILES string of the molecule is CC(C)(C)c1cc2c3cc(-c4ccccn4)[c-]cc3n3c4ccccc4c(c1)c23.[Ir].[c-]1ccccc1-c1ccccn1. The Morgan fingerprint density at radius 2 is 1.24 bits per heavy atom. The molecule has 0 N–H and O–H groups in total. The molecule has 0 saturated heterocycles. The Bertz CT molecular complexity index is 2070. The predicted octanol–water partition coefficient (Wildman–Crippen LogP) is 9.54. The minimum absolute atomic E-state index is 0. The van der Waals surface area contributed by atoms with Gasteiger partial charge < -0.3 is 14.4 Å². The van der Waals surface area contributed by atoms with Crippen molar-refractivity contribution in [3.8, 4) is 22.5 Å². The molecule has 0 aliphatic heterocycles. The normalized spacial score (nSPS) is 11.5. The van der Waals surface area contributed by atoms with Crippen LogP contribution in [0, 0.1) is 12.1 Å². The molecule has 4 aromatic heterocycles. The summed E-state index contributed by atoms with van der Waals surface area (Å²) >= 11 is 0. The van der Waals surface area contributed by atoms with E-state index in [9.17, 15) is 0 Å². The van der Waals surface area contributed by atoms with E-state index in [-0.39, 0.29) is 25.5 Å². The van der Waals surface area contributed by atoms with Gasteiger partial charge in [-0.2, -0.15) is 0 Å². The zero-order chi connectivity index (χ0) is 28.0. The second-order valence-corrected chi connectivity index (χ2v) is 11.4. The van der Waals surface area contributed by atoms with Crippen LogP contribution in [0.3, 0.4) is 0 Å². The van der Waals surface area contributed by atoms with E-state index in [2.05, 4.69) is 95.8 Å². The minimum Gasteiger partial charge on any atom is -0.350 e. The molecule has 207 valence electrons. The topological polar surface area (TPSA) is 30.2 Å². The van der Waals surface area contributed by atoms with Crippen LogP contribution >= 0.6 is 0 Å². The smallest absolute Gasteiger partial charge is 0.0516 e.